The second-order valence-electron chi connectivity index (χ2n) is 5.40. The highest BCUT2D eigenvalue weighted by Crippen LogP contribution is 2.34. The maximum Gasteiger partial charge on any atom is 0.191 e. The molecule has 0 aliphatic heterocycles. The molecule has 0 radical (unpaired) electrons. The van der Waals surface area contributed by atoms with Crippen LogP contribution in [0.3, 0.4) is 0 Å². The molecule has 2 atom stereocenters. The number of nitrogens with zero attached hydrogens (tertiary/aromatic N) is 1. The Morgan fingerprint density at radius 2 is 1.77 bits per heavy atom. The fourth-order valence-electron chi connectivity index (χ4n) is 2.32. The first-order valence-corrected chi connectivity index (χ1v) is 7.39. The molecular formula is C16H25N3O3. The summed E-state index contributed by atoms with van der Waals surface area (Å²) >= 11 is 0. The number of hydrogen-bond acceptors (Lipinski definition) is 4. The minimum atomic E-state index is 0.519. The van der Waals surface area contributed by atoms with E-state index < -0.39 is 0 Å². The third kappa shape index (κ3) is 3.75. The number of hydrogen-bond donors (Lipinski definition) is 2. The molecule has 0 heterocycles. The standard InChI is InChI=1S/C16H25N3O3/c1-10-6-13(10)19-16(17-2)18-9-12-14(21-4)7-11(20-3)8-15(12)22-5/h7-8,10,13H,6,9H2,1-5H3,(H2,17,18,19). The number of ether oxygens (including phenoxy) is 3. The maximum atomic E-state index is 5.45. The van der Waals surface area contributed by atoms with Crippen molar-refractivity contribution in [2.75, 3.05) is 28.4 Å². The molecule has 1 aromatic rings. The zero-order valence-corrected chi connectivity index (χ0v) is 13.9. The minimum absolute atomic E-state index is 0.519. The van der Waals surface area contributed by atoms with Gasteiger partial charge >= 0.3 is 0 Å². The number of aliphatic imine (C=N–C) groups is 1. The van der Waals surface area contributed by atoms with Crippen LogP contribution in [0.15, 0.2) is 17.1 Å². The molecule has 1 aliphatic carbocycles. The smallest absolute Gasteiger partial charge is 0.191 e. The minimum Gasteiger partial charge on any atom is -0.496 e. The SMILES string of the molecule is CN=C(NCc1c(OC)cc(OC)cc1OC)NC1CC1C. The van der Waals surface area contributed by atoms with Crippen molar-refractivity contribution in [3.8, 4) is 17.2 Å². The molecule has 0 bridgehead atoms. The van der Waals surface area contributed by atoms with Gasteiger partial charge in [-0.1, -0.05) is 6.92 Å². The molecule has 6 nitrogen and oxygen atoms in total. The van der Waals surface area contributed by atoms with Crippen molar-refractivity contribution in [2.24, 2.45) is 10.9 Å². The summed E-state index contributed by atoms with van der Waals surface area (Å²) in [6.07, 6.45) is 1.19. The summed E-state index contributed by atoms with van der Waals surface area (Å²) in [4.78, 5) is 4.25. The lowest BCUT2D eigenvalue weighted by molar-refractivity contribution is 0.368. The van der Waals surface area contributed by atoms with E-state index in [4.69, 9.17) is 14.2 Å². The van der Waals surface area contributed by atoms with E-state index in [0.717, 1.165) is 23.0 Å². The molecule has 2 rings (SSSR count). The summed E-state index contributed by atoms with van der Waals surface area (Å²) in [5, 5.41) is 6.69. The van der Waals surface area contributed by atoms with E-state index in [1.54, 1.807) is 28.4 Å². The van der Waals surface area contributed by atoms with Crippen LogP contribution in [0, 0.1) is 5.92 Å². The van der Waals surface area contributed by atoms with Crippen molar-refractivity contribution in [3.05, 3.63) is 17.7 Å². The van der Waals surface area contributed by atoms with Crippen LogP contribution >= 0.6 is 0 Å². The molecule has 0 amide bonds. The monoisotopic (exact) mass is 307 g/mol. The Labute approximate surface area is 131 Å². The molecule has 1 aliphatic rings. The van der Waals surface area contributed by atoms with Gasteiger partial charge in [0.25, 0.3) is 0 Å². The van der Waals surface area contributed by atoms with Crippen molar-refractivity contribution < 1.29 is 14.2 Å². The lowest BCUT2D eigenvalue weighted by atomic mass is 10.1. The van der Waals surface area contributed by atoms with Crippen LogP contribution in [0.4, 0.5) is 0 Å². The van der Waals surface area contributed by atoms with Gasteiger partial charge in [0.2, 0.25) is 0 Å². The van der Waals surface area contributed by atoms with E-state index in [1.807, 2.05) is 12.1 Å². The number of rotatable bonds is 6. The van der Waals surface area contributed by atoms with Gasteiger partial charge in [-0.05, 0) is 12.3 Å². The first-order valence-electron chi connectivity index (χ1n) is 7.39. The molecule has 2 N–H and O–H groups in total. The van der Waals surface area contributed by atoms with Crippen LogP contribution in [0.1, 0.15) is 18.9 Å². The molecule has 0 aromatic heterocycles. The highest BCUT2D eigenvalue weighted by Gasteiger charge is 2.33. The first kappa shape index (κ1) is 16.3. The van der Waals surface area contributed by atoms with E-state index in [0.29, 0.717) is 24.3 Å². The summed E-state index contributed by atoms with van der Waals surface area (Å²) in [5.41, 5.74) is 0.928. The molecule has 1 fully saturated rings. The summed E-state index contributed by atoms with van der Waals surface area (Å²) in [6, 6.07) is 4.21. The topological polar surface area (TPSA) is 64.1 Å². The quantitative estimate of drug-likeness (QED) is 0.619. The average Bonchev–Trinajstić information content (AvgIpc) is 3.25. The zero-order valence-electron chi connectivity index (χ0n) is 13.9. The van der Waals surface area contributed by atoms with Crippen molar-refractivity contribution in [1.29, 1.82) is 0 Å². The van der Waals surface area contributed by atoms with Gasteiger partial charge in [0.1, 0.15) is 17.2 Å². The summed E-state index contributed by atoms with van der Waals surface area (Å²) in [7, 11) is 6.66. The molecule has 1 aromatic carbocycles. The van der Waals surface area contributed by atoms with Crippen LogP contribution in [0.5, 0.6) is 17.2 Å². The van der Waals surface area contributed by atoms with Gasteiger partial charge in [-0.3, -0.25) is 4.99 Å². The molecule has 22 heavy (non-hydrogen) atoms. The van der Waals surface area contributed by atoms with E-state index >= 15 is 0 Å². The van der Waals surface area contributed by atoms with Gasteiger partial charge in [0, 0.05) is 25.2 Å². The molecule has 1 saturated carbocycles. The van der Waals surface area contributed by atoms with Crippen LogP contribution in [0.25, 0.3) is 0 Å². The molecule has 0 saturated heterocycles. The summed E-state index contributed by atoms with van der Waals surface area (Å²) < 4.78 is 16.2. The highest BCUT2D eigenvalue weighted by molar-refractivity contribution is 5.80. The lowest BCUT2D eigenvalue weighted by Crippen LogP contribution is -2.38. The van der Waals surface area contributed by atoms with Gasteiger partial charge < -0.3 is 24.8 Å². The van der Waals surface area contributed by atoms with E-state index in [9.17, 15) is 0 Å². The predicted molar refractivity (Wildman–Crippen MR) is 87.0 cm³/mol. The number of methoxy groups -OCH3 is 3. The largest absolute Gasteiger partial charge is 0.496 e. The highest BCUT2D eigenvalue weighted by atomic mass is 16.5. The predicted octanol–water partition coefficient (Wildman–Crippen LogP) is 1.79. The number of guanidine groups is 1. The Kier molecular flexibility index (Phi) is 5.35. The third-order valence-electron chi connectivity index (χ3n) is 3.90. The Bertz CT molecular complexity index is 520. The number of nitrogens with one attached hydrogen (secondary N) is 2. The van der Waals surface area contributed by atoms with E-state index in [1.165, 1.54) is 6.42 Å². The Balaban J connectivity index is 2.10. The van der Waals surface area contributed by atoms with Crippen molar-refractivity contribution in [2.45, 2.75) is 25.9 Å². The summed E-state index contributed by atoms with van der Waals surface area (Å²) in [5.74, 6) is 3.64. The average molecular weight is 307 g/mol. The van der Waals surface area contributed by atoms with Gasteiger partial charge in [-0.25, -0.2) is 0 Å². The van der Waals surface area contributed by atoms with Gasteiger partial charge in [-0.2, -0.15) is 0 Å². The second kappa shape index (κ2) is 7.24. The summed E-state index contributed by atoms with van der Waals surface area (Å²) in [6.45, 7) is 2.78. The van der Waals surface area contributed by atoms with Crippen LogP contribution in [-0.2, 0) is 6.54 Å². The Hall–Kier alpha value is -2.11. The van der Waals surface area contributed by atoms with Crippen LogP contribution in [-0.4, -0.2) is 40.4 Å². The molecule has 0 spiro atoms. The van der Waals surface area contributed by atoms with Gasteiger partial charge in [-0.15, -0.1) is 0 Å². The van der Waals surface area contributed by atoms with E-state index in [-0.39, 0.29) is 0 Å². The first-order chi connectivity index (χ1) is 10.6. The normalized spacial score (nSPS) is 20.3. The van der Waals surface area contributed by atoms with Crippen molar-refractivity contribution in [1.82, 2.24) is 10.6 Å². The second-order valence-corrected chi connectivity index (χ2v) is 5.40. The van der Waals surface area contributed by atoms with E-state index in [2.05, 4.69) is 22.5 Å². The molecule has 122 valence electrons. The Morgan fingerprint density at radius 3 is 2.18 bits per heavy atom. The molecule has 2 unspecified atom stereocenters. The molecular weight excluding hydrogens is 282 g/mol. The fraction of sp³-hybridized carbons (Fsp3) is 0.562. The van der Waals surface area contributed by atoms with Crippen LogP contribution < -0.4 is 24.8 Å². The Morgan fingerprint density at radius 1 is 1.18 bits per heavy atom. The maximum absolute atomic E-state index is 5.45. The number of benzene rings is 1. The zero-order chi connectivity index (χ0) is 16.1. The van der Waals surface area contributed by atoms with Gasteiger partial charge in [0.05, 0.1) is 33.4 Å². The third-order valence-corrected chi connectivity index (χ3v) is 3.90. The van der Waals surface area contributed by atoms with Crippen LogP contribution in [0.2, 0.25) is 0 Å². The van der Waals surface area contributed by atoms with Gasteiger partial charge in [0.15, 0.2) is 5.96 Å². The van der Waals surface area contributed by atoms with Crippen molar-refractivity contribution in [3.63, 3.8) is 0 Å². The lowest BCUT2D eigenvalue weighted by Gasteiger charge is -2.17. The fourth-order valence-corrected chi connectivity index (χ4v) is 2.32. The molecule has 6 heteroatoms. The van der Waals surface area contributed by atoms with Crippen molar-refractivity contribution >= 4 is 5.96 Å².